The molecule has 2 aromatic carbocycles. The average Bonchev–Trinajstić information content (AvgIpc) is 2.48. The maximum Gasteiger partial charge on any atom is 0.197 e. The number of rotatable bonds is 2. The molecule has 0 bridgehead atoms. The Labute approximate surface area is 116 Å². The number of benzene rings is 2. The molecule has 0 radical (unpaired) electrons. The van der Waals surface area contributed by atoms with Crippen molar-refractivity contribution in [1.29, 1.82) is 0 Å². The molecule has 0 aliphatic heterocycles. The zero-order valence-corrected chi connectivity index (χ0v) is 11.0. The normalized spacial score (nSPS) is 10.3. The van der Waals surface area contributed by atoms with Crippen LogP contribution in [-0.4, -0.2) is 9.97 Å². The van der Waals surface area contributed by atoms with Gasteiger partial charge in [0, 0.05) is 11.3 Å². The van der Waals surface area contributed by atoms with Crippen molar-refractivity contribution in [2.45, 2.75) is 0 Å². The molecule has 0 amide bonds. The first-order chi connectivity index (χ1) is 9.33. The van der Waals surface area contributed by atoms with Crippen LogP contribution in [-0.2, 0) is 0 Å². The van der Waals surface area contributed by atoms with Crippen LogP contribution in [0.25, 0.3) is 22.5 Å². The maximum absolute atomic E-state index is 5.22. The number of nitrogens with one attached hydrogen (secondary N) is 1. The minimum Gasteiger partial charge on any atom is -0.330 e. The second-order valence-electron chi connectivity index (χ2n) is 4.22. The quantitative estimate of drug-likeness (QED) is 0.692. The van der Waals surface area contributed by atoms with E-state index in [0.717, 1.165) is 22.5 Å². The number of H-pyrrole nitrogens is 1. The summed E-state index contributed by atoms with van der Waals surface area (Å²) in [6, 6.07) is 22.2. The van der Waals surface area contributed by atoms with Crippen molar-refractivity contribution in [1.82, 2.24) is 9.97 Å². The summed E-state index contributed by atoms with van der Waals surface area (Å²) in [7, 11) is 0. The van der Waals surface area contributed by atoms with Gasteiger partial charge < -0.3 is 4.98 Å². The summed E-state index contributed by atoms with van der Waals surface area (Å²) in [5.41, 5.74) is 4.05. The van der Waals surface area contributed by atoms with Gasteiger partial charge in [0.15, 0.2) is 4.77 Å². The van der Waals surface area contributed by atoms with Crippen molar-refractivity contribution in [2.24, 2.45) is 0 Å². The lowest BCUT2D eigenvalue weighted by atomic mass is 10.1. The Morgan fingerprint density at radius 2 is 1.37 bits per heavy atom. The van der Waals surface area contributed by atoms with Gasteiger partial charge in [-0.2, -0.15) is 0 Å². The summed E-state index contributed by atoms with van der Waals surface area (Å²) in [6.45, 7) is 0. The molecule has 19 heavy (non-hydrogen) atoms. The zero-order valence-electron chi connectivity index (χ0n) is 10.2. The summed E-state index contributed by atoms with van der Waals surface area (Å²) in [5.74, 6) is 0. The highest BCUT2D eigenvalue weighted by Gasteiger charge is 2.03. The third kappa shape index (κ3) is 2.61. The number of aromatic amines is 1. The van der Waals surface area contributed by atoms with Crippen molar-refractivity contribution in [2.75, 3.05) is 0 Å². The minimum atomic E-state index is 0.500. The van der Waals surface area contributed by atoms with E-state index in [1.54, 1.807) is 0 Å². The highest BCUT2D eigenvalue weighted by molar-refractivity contribution is 7.71. The van der Waals surface area contributed by atoms with E-state index in [4.69, 9.17) is 12.2 Å². The predicted molar refractivity (Wildman–Crippen MR) is 80.3 cm³/mol. The molecule has 2 nitrogen and oxygen atoms in total. The molecule has 0 unspecified atom stereocenters. The topological polar surface area (TPSA) is 28.7 Å². The molecule has 0 aliphatic carbocycles. The van der Waals surface area contributed by atoms with Gasteiger partial charge in [0.2, 0.25) is 0 Å². The van der Waals surface area contributed by atoms with Gasteiger partial charge in [-0.3, -0.25) is 0 Å². The summed E-state index contributed by atoms with van der Waals surface area (Å²) in [4.78, 5) is 7.53. The molecule has 0 saturated heterocycles. The molecule has 1 aromatic heterocycles. The fraction of sp³-hybridized carbons (Fsp3) is 0. The Morgan fingerprint density at radius 1 is 0.789 bits per heavy atom. The smallest absolute Gasteiger partial charge is 0.197 e. The molecule has 0 atom stereocenters. The van der Waals surface area contributed by atoms with Crippen LogP contribution >= 0.6 is 12.2 Å². The molecule has 3 heteroatoms. The van der Waals surface area contributed by atoms with Gasteiger partial charge in [-0.25, -0.2) is 4.98 Å². The first-order valence-electron chi connectivity index (χ1n) is 6.05. The molecule has 0 saturated carbocycles. The van der Waals surface area contributed by atoms with E-state index in [1.165, 1.54) is 0 Å². The number of nitrogens with zero attached hydrogens (tertiary/aromatic N) is 1. The Kier molecular flexibility index (Phi) is 3.21. The van der Waals surface area contributed by atoms with Crippen LogP contribution in [0, 0.1) is 4.77 Å². The lowest BCUT2D eigenvalue weighted by Gasteiger charge is -2.05. The standard InChI is InChI=1S/C16H12N2S/c19-16-17-14(12-7-3-1-4-8-12)11-15(18-16)13-9-5-2-6-10-13/h1-11H,(H,17,18,19). The van der Waals surface area contributed by atoms with E-state index in [2.05, 4.69) is 22.1 Å². The summed E-state index contributed by atoms with van der Waals surface area (Å²) in [6.07, 6.45) is 0. The highest BCUT2D eigenvalue weighted by Crippen LogP contribution is 2.22. The second-order valence-corrected chi connectivity index (χ2v) is 4.60. The molecule has 0 spiro atoms. The molecule has 0 aliphatic rings. The molecule has 1 heterocycles. The van der Waals surface area contributed by atoms with E-state index in [1.807, 2.05) is 54.6 Å². The SMILES string of the molecule is S=c1nc(-c2ccccc2)cc(-c2ccccc2)[nH]1. The van der Waals surface area contributed by atoms with Crippen LogP contribution in [0.3, 0.4) is 0 Å². The largest absolute Gasteiger partial charge is 0.330 e. The van der Waals surface area contributed by atoms with Crippen LogP contribution in [0.5, 0.6) is 0 Å². The molecule has 92 valence electrons. The van der Waals surface area contributed by atoms with Crippen LogP contribution in [0.4, 0.5) is 0 Å². The fourth-order valence-electron chi connectivity index (χ4n) is 1.99. The third-order valence-corrected chi connectivity index (χ3v) is 3.09. The van der Waals surface area contributed by atoms with Gasteiger partial charge >= 0.3 is 0 Å². The van der Waals surface area contributed by atoms with E-state index >= 15 is 0 Å². The van der Waals surface area contributed by atoms with E-state index in [9.17, 15) is 0 Å². The third-order valence-electron chi connectivity index (χ3n) is 2.90. The Morgan fingerprint density at radius 3 is 2.00 bits per heavy atom. The maximum atomic E-state index is 5.22. The Balaban J connectivity index is 2.15. The highest BCUT2D eigenvalue weighted by atomic mass is 32.1. The van der Waals surface area contributed by atoms with Crippen molar-refractivity contribution in [3.8, 4) is 22.5 Å². The average molecular weight is 264 g/mol. The van der Waals surface area contributed by atoms with E-state index in [0.29, 0.717) is 4.77 Å². The van der Waals surface area contributed by atoms with E-state index < -0.39 is 0 Å². The molecule has 1 N–H and O–H groups in total. The second kappa shape index (κ2) is 5.16. The monoisotopic (exact) mass is 264 g/mol. The van der Waals surface area contributed by atoms with Crippen molar-refractivity contribution in [3.63, 3.8) is 0 Å². The Hall–Kier alpha value is -2.26. The minimum absolute atomic E-state index is 0.500. The molecular formula is C16H12N2S. The number of aromatic nitrogens is 2. The van der Waals surface area contributed by atoms with Gasteiger partial charge in [0.1, 0.15) is 0 Å². The number of hydrogen-bond donors (Lipinski definition) is 1. The van der Waals surface area contributed by atoms with Crippen LogP contribution in [0.1, 0.15) is 0 Å². The predicted octanol–water partition coefficient (Wildman–Crippen LogP) is 4.47. The summed E-state index contributed by atoms with van der Waals surface area (Å²) in [5, 5.41) is 0. The van der Waals surface area contributed by atoms with Gasteiger partial charge in [0.25, 0.3) is 0 Å². The van der Waals surface area contributed by atoms with Crippen LogP contribution < -0.4 is 0 Å². The van der Waals surface area contributed by atoms with Gasteiger partial charge in [-0.15, -0.1) is 0 Å². The summed E-state index contributed by atoms with van der Waals surface area (Å²) >= 11 is 5.22. The van der Waals surface area contributed by atoms with E-state index in [-0.39, 0.29) is 0 Å². The fourth-order valence-corrected chi connectivity index (χ4v) is 2.20. The molecule has 3 aromatic rings. The molecular weight excluding hydrogens is 252 g/mol. The molecule has 3 rings (SSSR count). The van der Waals surface area contributed by atoms with Crippen molar-refractivity contribution >= 4 is 12.2 Å². The van der Waals surface area contributed by atoms with Crippen LogP contribution in [0.2, 0.25) is 0 Å². The lowest BCUT2D eigenvalue weighted by Crippen LogP contribution is -1.91. The lowest BCUT2D eigenvalue weighted by molar-refractivity contribution is 1.14. The van der Waals surface area contributed by atoms with Gasteiger partial charge in [0.05, 0.1) is 5.69 Å². The first kappa shape index (κ1) is 11.8. The summed E-state index contributed by atoms with van der Waals surface area (Å²) < 4.78 is 0.500. The Bertz CT molecular complexity index is 673. The zero-order chi connectivity index (χ0) is 13.1. The first-order valence-corrected chi connectivity index (χ1v) is 6.46. The number of hydrogen-bond acceptors (Lipinski definition) is 2. The molecule has 0 fully saturated rings. The van der Waals surface area contributed by atoms with Crippen LogP contribution in [0.15, 0.2) is 66.7 Å². The van der Waals surface area contributed by atoms with Crippen molar-refractivity contribution < 1.29 is 0 Å². The van der Waals surface area contributed by atoms with Gasteiger partial charge in [-0.05, 0) is 23.8 Å². The van der Waals surface area contributed by atoms with Gasteiger partial charge in [-0.1, -0.05) is 60.7 Å². The van der Waals surface area contributed by atoms with Crippen molar-refractivity contribution in [3.05, 3.63) is 71.5 Å².